The zero-order valence-corrected chi connectivity index (χ0v) is 7.77. The number of hydrogen-bond acceptors (Lipinski definition) is 3. The van der Waals surface area contributed by atoms with E-state index in [1.165, 1.54) is 12.1 Å². The molecule has 0 amide bonds. The Kier molecular flexibility index (Phi) is 2.59. The van der Waals surface area contributed by atoms with E-state index in [1.54, 1.807) is 12.1 Å². The van der Waals surface area contributed by atoms with Gasteiger partial charge in [0.25, 0.3) is 0 Å². The van der Waals surface area contributed by atoms with E-state index in [-0.39, 0.29) is 4.90 Å². The second kappa shape index (κ2) is 3.33. The molecular formula is C7H8ClNO2S. The number of sulfone groups is 1. The van der Waals surface area contributed by atoms with E-state index in [4.69, 9.17) is 17.3 Å². The van der Waals surface area contributed by atoms with Crippen molar-refractivity contribution in [1.82, 2.24) is 0 Å². The lowest BCUT2D eigenvalue weighted by atomic mass is 10.3. The van der Waals surface area contributed by atoms with E-state index in [0.717, 1.165) is 0 Å². The van der Waals surface area contributed by atoms with Gasteiger partial charge in [0.05, 0.1) is 4.90 Å². The molecule has 0 bridgehead atoms. The van der Waals surface area contributed by atoms with E-state index in [1.807, 2.05) is 0 Å². The minimum absolute atomic E-state index is 0.164. The first kappa shape index (κ1) is 9.35. The molecule has 2 N–H and O–H groups in total. The molecule has 1 rings (SSSR count). The van der Waals surface area contributed by atoms with Gasteiger partial charge in [0, 0.05) is 5.69 Å². The second-order valence-electron chi connectivity index (χ2n) is 2.30. The maximum atomic E-state index is 11.2. The lowest BCUT2D eigenvalue weighted by molar-refractivity contribution is 0.600. The third kappa shape index (κ3) is 1.89. The highest BCUT2D eigenvalue weighted by atomic mass is 35.5. The summed E-state index contributed by atoms with van der Waals surface area (Å²) in [6, 6.07) is 6.05. The fraction of sp³-hybridized carbons (Fsp3) is 0.143. The first-order valence-electron chi connectivity index (χ1n) is 3.20. The predicted molar refractivity (Wildman–Crippen MR) is 48.8 cm³/mol. The number of nitrogen functional groups attached to an aromatic ring is 1. The Morgan fingerprint density at radius 3 is 2.58 bits per heavy atom. The van der Waals surface area contributed by atoms with Gasteiger partial charge in [-0.25, -0.2) is 8.42 Å². The topological polar surface area (TPSA) is 60.2 Å². The van der Waals surface area contributed by atoms with Crippen molar-refractivity contribution in [2.45, 2.75) is 4.90 Å². The Labute approximate surface area is 76.1 Å². The van der Waals surface area contributed by atoms with Gasteiger partial charge in [0.15, 0.2) is 9.84 Å². The number of anilines is 1. The van der Waals surface area contributed by atoms with Crippen LogP contribution in [0.3, 0.4) is 0 Å². The van der Waals surface area contributed by atoms with Crippen LogP contribution in [0.1, 0.15) is 0 Å². The normalized spacial score (nSPS) is 11.4. The molecular weight excluding hydrogens is 198 g/mol. The van der Waals surface area contributed by atoms with Crippen molar-refractivity contribution in [2.24, 2.45) is 0 Å². The molecule has 0 unspecified atom stereocenters. The van der Waals surface area contributed by atoms with Crippen molar-refractivity contribution in [2.75, 3.05) is 10.9 Å². The van der Waals surface area contributed by atoms with Gasteiger partial charge >= 0.3 is 0 Å². The second-order valence-corrected chi connectivity index (χ2v) is 4.87. The molecule has 1 aromatic rings. The highest BCUT2D eigenvalue weighted by molar-refractivity contribution is 7.92. The summed E-state index contributed by atoms with van der Waals surface area (Å²) < 4.78 is 22.3. The number of benzene rings is 1. The molecule has 5 heteroatoms. The zero-order valence-electron chi connectivity index (χ0n) is 6.20. The molecule has 0 atom stereocenters. The highest BCUT2D eigenvalue weighted by Gasteiger charge is 2.11. The smallest absolute Gasteiger partial charge is 0.192 e. The summed E-state index contributed by atoms with van der Waals surface area (Å²) in [6.07, 6.45) is 0. The van der Waals surface area contributed by atoms with Crippen LogP contribution in [0, 0.1) is 0 Å². The number of alkyl halides is 1. The molecule has 0 radical (unpaired) electrons. The molecule has 1 aromatic carbocycles. The molecule has 0 aliphatic rings. The van der Waals surface area contributed by atoms with E-state index >= 15 is 0 Å². The van der Waals surface area contributed by atoms with Crippen LogP contribution in [0.15, 0.2) is 29.2 Å². The van der Waals surface area contributed by atoms with Crippen molar-refractivity contribution in [3.05, 3.63) is 24.3 Å². The number of rotatable bonds is 2. The summed E-state index contributed by atoms with van der Waals surface area (Å²) in [7, 11) is -3.34. The van der Waals surface area contributed by atoms with Gasteiger partial charge < -0.3 is 5.73 Å². The first-order chi connectivity index (χ1) is 5.56. The zero-order chi connectivity index (χ0) is 9.19. The number of halogens is 1. The summed E-state index contributed by atoms with van der Waals surface area (Å²) in [5.74, 6) is 0. The van der Waals surface area contributed by atoms with Crippen LogP contribution in [-0.4, -0.2) is 13.6 Å². The van der Waals surface area contributed by atoms with Crippen LogP contribution in [-0.2, 0) is 9.84 Å². The summed E-state index contributed by atoms with van der Waals surface area (Å²) in [5.41, 5.74) is 5.82. The Morgan fingerprint density at radius 1 is 1.42 bits per heavy atom. The minimum atomic E-state index is -3.34. The molecule has 0 saturated carbocycles. The van der Waals surface area contributed by atoms with Gasteiger partial charge in [-0.1, -0.05) is 6.07 Å². The molecule has 0 fully saturated rings. The third-order valence-electron chi connectivity index (χ3n) is 1.36. The minimum Gasteiger partial charge on any atom is -0.399 e. The van der Waals surface area contributed by atoms with Crippen LogP contribution in [0.25, 0.3) is 0 Å². The fourth-order valence-electron chi connectivity index (χ4n) is 0.771. The maximum Gasteiger partial charge on any atom is 0.192 e. The molecule has 0 aliphatic heterocycles. The SMILES string of the molecule is Nc1cccc(S(=O)(=O)CCl)c1. The van der Waals surface area contributed by atoms with E-state index < -0.39 is 15.0 Å². The molecule has 0 saturated heterocycles. The Balaban J connectivity index is 3.21. The number of hydrogen-bond donors (Lipinski definition) is 1. The van der Waals surface area contributed by atoms with Crippen molar-refractivity contribution in [3.63, 3.8) is 0 Å². The maximum absolute atomic E-state index is 11.2. The molecule has 66 valence electrons. The van der Waals surface area contributed by atoms with Crippen molar-refractivity contribution >= 4 is 27.1 Å². The van der Waals surface area contributed by atoms with E-state index in [0.29, 0.717) is 5.69 Å². The van der Waals surface area contributed by atoms with E-state index in [2.05, 4.69) is 0 Å². The van der Waals surface area contributed by atoms with Crippen LogP contribution in [0.5, 0.6) is 0 Å². The summed E-state index contributed by atoms with van der Waals surface area (Å²) in [6.45, 7) is 0. The highest BCUT2D eigenvalue weighted by Crippen LogP contribution is 2.14. The number of nitrogens with two attached hydrogens (primary N) is 1. The Hall–Kier alpha value is -0.740. The predicted octanol–water partition coefficient (Wildman–Crippen LogP) is 1.24. The quantitative estimate of drug-likeness (QED) is 0.584. The molecule has 0 spiro atoms. The molecule has 12 heavy (non-hydrogen) atoms. The van der Waals surface area contributed by atoms with Crippen LogP contribution < -0.4 is 5.73 Å². The van der Waals surface area contributed by atoms with Crippen LogP contribution in [0.2, 0.25) is 0 Å². The summed E-state index contributed by atoms with van der Waals surface area (Å²) in [5, 5.41) is -0.420. The lowest BCUT2D eigenvalue weighted by Crippen LogP contribution is -2.02. The van der Waals surface area contributed by atoms with Crippen molar-refractivity contribution < 1.29 is 8.42 Å². The van der Waals surface area contributed by atoms with Gasteiger partial charge in [-0.3, -0.25) is 0 Å². The fourth-order valence-corrected chi connectivity index (χ4v) is 1.88. The largest absolute Gasteiger partial charge is 0.399 e. The van der Waals surface area contributed by atoms with Crippen molar-refractivity contribution in [3.8, 4) is 0 Å². The Morgan fingerprint density at radius 2 is 2.08 bits per heavy atom. The molecule has 0 aromatic heterocycles. The monoisotopic (exact) mass is 205 g/mol. The Bertz CT molecular complexity index is 375. The third-order valence-corrected chi connectivity index (χ3v) is 3.48. The summed E-state index contributed by atoms with van der Waals surface area (Å²) in [4.78, 5) is 0.164. The van der Waals surface area contributed by atoms with Gasteiger partial charge in [-0.2, -0.15) is 0 Å². The molecule has 0 heterocycles. The van der Waals surface area contributed by atoms with Gasteiger partial charge in [-0.05, 0) is 18.2 Å². The molecule has 0 aliphatic carbocycles. The standard InChI is InChI=1S/C7H8ClNO2S/c8-5-12(10,11)7-3-1-2-6(9)4-7/h1-4H,5,9H2. The first-order valence-corrected chi connectivity index (χ1v) is 5.39. The van der Waals surface area contributed by atoms with Gasteiger partial charge in [-0.15, -0.1) is 11.6 Å². The summed E-state index contributed by atoms with van der Waals surface area (Å²) >= 11 is 5.25. The van der Waals surface area contributed by atoms with Gasteiger partial charge in [0.2, 0.25) is 0 Å². The average molecular weight is 206 g/mol. The van der Waals surface area contributed by atoms with Crippen LogP contribution in [0.4, 0.5) is 5.69 Å². The van der Waals surface area contributed by atoms with Gasteiger partial charge in [0.1, 0.15) is 5.21 Å². The van der Waals surface area contributed by atoms with Crippen molar-refractivity contribution in [1.29, 1.82) is 0 Å². The molecule has 3 nitrogen and oxygen atoms in total. The van der Waals surface area contributed by atoms with Crippen LogP contribution >= 0.6 is 11.6 Å². The lowest BCUT2D eigenvalue weighted by Gasteiger charge is -1.99. The van der Waals surface area contributed by atoms with E-state index in [9.17, 15) is 8.42 Å². The average Bonchev–Trinajstić information content (AvgIpc) is 2.05.